The van der Waals surface area contributed by atoms with Gasteiger partial charge in [-0.05, 0) is 41.4 Å². The van der Waals surface area contributed by atoms with Crippen molar-refractivity contribution in [2.75, 3.05) is 20.1 Å². The molecule has 0 fully saturated rings. The number of aliphatic hydroxyl groups excluding tert-OH is 1. The van der Waals surface area contributed by atoms with Crippen molar-refractivity contribution in [2.45, 2.75) is 26.5 Å². The Morgan fingerprint density at radius 1 is 1.38 bits per heavy atom. The van der Waals surface area contributed by atoms with Gasteiger partial charge in [-0.2, -0.15) is 0 Å². The van der Waals surface area contributed by atoms with Gasteiger partial charge in [0, 0.05) is 37.0 Å². The summed E-state index contributed by atoms with van der Waals surface area (Å²) in [6, 6.07) is 10.0. The molecule has 0 saturated carbocycles. The van der Waals surface area contributed by atoms with E-state index >= 15 is 0 Å². The molecule has 2 rings (SSSR count). The molecule has 2 N–H and O–H groups in total. The number of nitrogens with one attached hydrogen (secondary N) is 1. The Morgan fingerprint density at radius 2 is 2.12 bits per heavy atom. The Morgan fingerprint density at radius 3 is 2.69 bits per heavy atom. The van der Waals surface area contributed by atoms with Crippen molar-refractivity contribution in [3.63, 3.8) is 0 Å². The molecule has 1 heterocycles. The summed E-state index contributed by atoms with van der Waals surface area (Å²) in [5, 5.41) is 13.7. The summed E-state index contributed by atoms with van der Waals surface area (Å²) in [5.41, 5.74) is 3.21. The average molecular weight is 535 g/mol. The number of halogens is 2. The van der Waals surface area contributed by atoms with E-state index in [-0.39, 0.29) is 24.0 Å². The van der Waals surface area contributed by atoms with Crippen molar-refractivity contribution in [1.82, 2.24) is 14.8 Å². The predicted octanol–water partition coefficient (Wildman–Crippen LogP) is 3.84. The summed E-state index contributed by atoms with van der Waals surface area (Å²) >= 11 is 3.50. The molecule has 26 heavy (non-hydrogen) atoms. The van der Waals surface area contributed by atoms with Crippen molar-refractivity contribution in [3.05, 3.63) is 57.8 Å². The molecule has 0 aliphatic carbocycles. The minimum atomic E-state index is -0.605. The molecule has 1 unspecified atom stereocenters. The van der Waals surface area contributed by atoms with E-state index in [1.54, 1.807) is 0 Å². The number of aromatic nitrogens is 1. The van der Waals surface area contributed by atoms with Gasteiger partial charge in [-0.15, -0.1) is 24.0 Å². The van der Waals surface area contributed by atoms with Crippen LogP contribution in [0, 0.1) is 6.92 Å². The fourth-order valence-electron chi connectivity index (χ4n) is 2.67. The fraction of sp³-hybridized carbons (Fsp3) is 0.421. The van der Waals surface area contributed by atoms with Crippen LogP contribution >= 0.6 is 39.9 Å². The smallest absolute Gasteiger partial charge is 0.194 e. The van der Waals surface area contributed by atoms with E-state index in [0.29, 0.717) is 6.54 Å². The molecule has 0 bridgehead atoms. The zero-order chi connectivity index (χ0) is 18.4. The van der Waals surface area contributed by atoms with Gasteiger partial charge in [0.25, 0.3) is 0 Å². The zero-order valence-electron chi connectivity index (χ0n) is 15.7. The normalized spacial score (nSPS) is 12.5. The van der Waals surface area contributed by atoms with Crippen LogP contribution in [0.25, 0.3) is 0 Å². The number of guanidine groups is 1. The summed E-state index contributed by atoms with van der Waals surface area (Å²) < 4.78 is 3.15. The topological polar surface area (TPSA) is 52.8 Å². The molecule has 0 aliphatic heterocycles. The molecule has 0 saturated heterocycles. The molecular formula is C19H28BrIN4O. The third-order valence-corrected chi connectivity index (χ3v) is 4.44. The molecule has 1 atom stereocenters. The van der Waals surface area contributed by atoms with E-state index in [0.717, 1.165) is 34.6 Å². The van der Waals surface area contributed by atoms with Crippen LogP contribution in [0.4, 0.5) is 0 Å². The quantitative estimate of drug-likeness (QED) is 0.336. The van der Waals surface area contributed by atoms with E-state index in [2.05, 4.69) is 41.8 Å². The summed E-state index contributed by atoms with van der Waals surface area (Å²) in [6.07, 6.45) is 1.43. The van der Waals surface area contributed by atoms with Gasteiger partial charge in [-0.25, -0.2) is 0 Å². The van der Waals surface area contributed by atoms with Crippen LogP contribution in [0.2, 0.25) is 0 Å². The van der Waals surface area contributed by atoms with E-state index in [4.69, 9.17) is 0 Å². The standard InChI is InChI=1S/C19H27BrN4O.HI/c1-5-21-19(24(4)13-17-10-16(20)12-23(17)3)22-11-18(25)15-8-6-7-14(2)9-15;/h6-10,12,18,25H,5,11,13H2,1-4H3,(H,21,22);1H. The molecule has 2 aromatic rings. The summed E-state index contributed by atoms with van der Waals surface area (Å²) in [5.74, 6) is 0.784. The molecule has 1 aromatic heterocycles. The first-order valence-electron chi connectivity index (χ1n) is 8.45. The van der Waals surface area contributed by atoms with Crippen molar-refractivity contribution in [1.29, 1.82) is 0 Å². The number of hydrogen-bond acceptors (Lipinski definition) is 2. The van der Waals surface area contributed by atoms with Crippen LogP contribution < -0.4 is 5.32 Å². The van der Waals surface area contributed by atoms with E-state index in [1.807, 2.05) is 58.4 Å². The third-order valence-electron chi connectivity index (χ3n) is 4.01. The van der Waals surface area contributed by atoms with Crippen LogP contribution in [0.3, 0.4) is 0 Å². The van der Waals surface area contributed by atoms with Gasteiger partial charge in [0.15, 0.2) is 5.96 Å². The SMILES string of the molecule is CCNC(=NCC(O)c1cccc(C)c1)N(C)Cc1cc(Br)cn1C.I. The Hall–Kier alpha value is -1.06. The number of aliphatic imine (C=N–C) groups is 1. The van der Waals surface area contributed by atoms with Gasteiger partial charge in [-0.1, -0.05) is 29.8 Å². The van der Waals surface area contributed by atoms with E-state index < -0.39 is 6.10 Å². The second kappa shape index (κ2) is 10.9. The molecule has 144 valence electrons. The molecule has 0 amide bonds. The minimum absolute atomic E-state index is 0. The Labute approximate surface area is 181 Å². The first-order chi connectivity index (χ1) is 11.9. The van der Waals surface area contributed by atoms with Crippen LogP contribution in [0.1, 0.15) is 29.8 Å². The Bertz CT molecular complexity index is 732. The number of benzene rings is 1. The second-order valence-electron chi connectivity index (χ2n) is 6.24. The lowest BCUT2D eigenvalue weighted by molar-refractivity contribution is 0.186. The second-order valence-corrected chi connectivity index (χ2v) is 7.16. The molecule has 7 heteroatoms. The zero-order valence-corrected chi connectivity index (χ0v) is 19.7. The lowest BCUT2D eigenvalue weighted by atomic mass is 10.1. The van der Waals surface area contributed by atoms with Crippen LogP contribution in [0.5, 0.6) is 0 Å². The fourth-order valence-corrected chi connectivity index (χ4v) is 3.24. The predicted molar refractivity (Wildman–Crippen MR) is 122 cm³/mol. The van der Waals surface area contributed by atoms with Crippen molar-refractivity contribution >= 4 is 45.9 Å². The Balaban J connectivity index is 0.00000338. The molecule has 1 aromatic carbocycles. The van der Waals surface area contributed by atoms with Crippen molar-refractivity contribution in [3.8, 4) is 0 Å². The highest BCUT2D eigenvalue weighted by Gasteiger charge is 2.12. The number of nitrogens with zero attached hydrogens (tertiary/aromatic N) is 3. The highest BCUT2D eigenvalue weighted by molar-refractivity contribution is 14.0. The highest BCUT2D eigenvalue weighted by Crippen LogP contribution is 2.16. The van der Waals surface area contributed by atoms with Gasteiger partial charge in [0.05, 0.1) is 19.2 Å². The number of rotatable bonds is 6. The summed E-state index contributed by atoms with van der Waals surface area (Å²) in [6.45, 7) is 5.90. The van der Waals surface area contributed by atoms with Crippen molar-refractivity contribution in [2.24, 2.45) is 12.0 Å². The summed E-state index contributed by atoms with van der Waals surface area (Å²) in [4.78, 5) is 6.68. The highest BCUT2D eigenvalue weighted by atomic mass is 127. The average Bonchev–Trinajstić information content (AvgIpc) is 2.88. The largest absolute Gasteiger partial charge is 0.386 e. The van der Waals surface area contributed by atoms with Gasteiger partial charge >= 0.3 is 0 Å². The minimum Gasteiger partial charge on any atom is -0.386 e. The first kappa shape index (κ1) is 23.0. The molecule has 0 aliphatic rings. The monoisotopic (exact) mass is 534 g/mol. The maximum absolute atomic E-state index is 10.4. The van der Waals surface area contributed by atoms with Gasteiger partial charge in [0.1, 0.15) is 0 Å². The maximum atomic E-state index is 10.4. The van der Waals surface area contributed by atoms with Crippen LogP contribution in [-0.4, -0.2) is 40.7 Å². The van der Waals surface area contributed by atoms with Gasteiger partial charge < -0.3 is 19.9 Å². The first-order valence-corrected chi connectivity index (χ1v) is 9.24. The summed E-state index contributed by atoms with van der Waals surface area (Å²) in [7, 11) is 4.03. The van der Waals surface area contributed by atoms with Gasteiger partial charge in [0.2, 0.25) is 0 Å². The lowest BCUT2D eigenvalue weighted by Gasteiger charge is -2.23. The number of aryl methyl sites for hydroxylation is 2. The molecule has 0 radical (unpaired) electrons. The van der Waals surface area contributed by atoms with Gasteiger partial charge in [-0.3, -0.25) is 4.99 Å². The molecule has 5 nitrogen and oxygen atoms in total. The van der Waals surface area contributed by atoms with E-state index in [9.17, 15) is 5.11 Å². The third kappa shape index (κ3) is 6.59. The van der Waals surface area contributed by atoms with Crippen molar-refractivity contribution < 1.29 is 5.11 Å². The van der Waals surface area contributed by atoms with Crippen LogP contribution in [-0.2, 0) is 13.6 Å². The van der Waals surface area contributed by atoms with E-state index in [1.165, 1.54) is 5.69 Å². The Kier molecular flexibility index (Phi) is 9.67. The van der Waals surface area contributed by atoms with Crippen LogP contribution in [0.15, 0.2) is 46.0 Å². The maximum Gasteiger partial charge on any atom is 0.194 e. The number of hydrogen-bond donors (Lipinski definition) is 2. The lowest BCUT2D eigenvalue weighted by Crippen LogP contribution is -2.39. The number of aliphatic hydroxyl groups is 1. The molecule has 0 spiro atoms. The molecular weight excluding hydrogens is 507 g/mol.